The van der Waals surface area contributed by atoms with Gasteiger partial charge in [-0.1, -0.05) is 0 Å². The summed E-state index contributed by atoms with van der Waals surface area (Å²) in [5.74, 6) is 0. The Morgan fingerprint density at radius 2 is 2.10 bits per heavy atom. The third-order valence-corrected chi connectivity index (χ3v) is 1.67. The van der Waals surface area contributed by atoms with E-state index in [-0.39, 0.29) is 19.3 Å². The summed E-state index contributed by atoms with van der Waals surface area (Å²) < 4.78 is 4.96. The minimum Gasteiger partial charge on any atom is -0.396 e. The molecule has 4 nitrogen and oxygen atoms in total. The van der Waals surface area contributed by atoms with Crippen molar-refractivity contribution in [2.45, 2.75) is 24.7 Å². The summed E-state index contributed by atoms with van der Waals surface area (Å²) in [6.07, 6.45) is -1.61. The lowest BCUT2D eigenvalue weighted by molar-refractivity contribution is 0.0117. The van der Waals surface area contributed by atoms with Crippen molar-refractivity contribution in [2.24, 2.45) is 0 Å². The van der Waals surface area contributed by atoms with E-state index in [1.807, 2.05) is 0 Å². The molecule has 0 bridgehead atoms. The van der Waals surface area contributed by atoms with Crippen LogP contribution in [-0.4, -0.2) is 46.8 Å². The van der Waals surface area contributed by atoms with Crippen molar-refractivity contribution in [2.75, 3.05) is 13.2 Å². The summed E-state index contributed by atoms with van der Waals surface area (Å²) in [7, 11) is 0. The molecule has 60 valence electrons. The average Bonchev–Trinajstić information content (AvgIpc) is 2.20. The molecule has 10 heavy (non-hydrogen) atoms. The van der Waals surface area contributed by atoms with Crippen molar-refractivity contribution in [3.8, 4) is 0 Å². The van der Waals surface area contributed by atoms with Crippen molar-refractivity contribution >= 4 is 0 Å². The molecule has 0 spiro atoms. The molecule has 1 aliphatic rings. The minimum atomic E-state index is -0.827. The lowest BCUT2D eigenvalue weighted by Gasteiger charge is -2.12. The highest BCUT2D eigenvalue weighted by Gasteiger charge is 2.33. The van der Waals surface area contributed by atoms with Gasteiger partial charge in [0.25, 0.3) is 0 Å². The molecule has 0 aromatic rings. The highest BCUT2D eigenvalue weighted by Crippen LogP contribution is 2.16. The van der Waals surface area contributed by atoms with Gasteiger partial charge in [-0.3, -0.25) is 0 Å². The predicted octanol–water partition coefficient (Wildman–Crippen LogP) is -1.51. The van der Waals surface area contributed by atoms with Crippen LogP contribution in [0.4, 0.5) is 0 Å². The monoisotopic (exact) mass is 148 g/mol. The SMILES string of the molecule is OCCC1OCC(O)C1O. The zero-order valence-electron chi connectivity index (χ0n) is 5.60. The standard InChI is InChI=1S/C6H12O4/c7-2-1-5-6(9)4(8)3-10-5/h4-9H,1-3H2. The molecule has 3 atom stereocenters. The Kier molecular flexibility index (Phi) is 2.62. The second-order valence-corrected chi connectivity index (χ2v) is 2.44. The molecule has 3 N–H and O–H groups in total. The lowest BCUT2D eigenvalue weighted by atomic mass is 10.1. The van der Waals surface area contributed by atoms with Crippen LogP contribution in [-0.2, 0) is 4.74 Å². The van der Waals surface area contributed by atoms with E-state index in [2.05, 4.69) is 0 Å². The number of hydrogen-bond donors (Lipinski definition) is 3. The first-order valence-corrected chi connectivity index (χ1v) is 3.34. The van der Waals surface area contributed by atoms with Crippen LogP contribution in [0.1, 0.15) is 6.42 Å². The molecule has 1 fully saturated rings. The van der Waals surface area contributed by atoms with Crippen LogP contribution in [0.5, 0.6) is 0 Å². The van der Waals surface area contributed by atoms with Crippen LogP contribution in [0.2, 0.25) is 0 Å². The van der Waals surface area contributed by atoms with Gasteiger partial charge in [-0.05, 0) is 6.42 Å². The Bertz CT molecular complexity index is 104. The van der Waals surface area contributed by atoms with Gasteiger partial charge in [-0.15, -0.1) is 0 Å². The quantitative estimate of drug-likeness (QED) is 0.445. The van der Waals surface area contributed by atoms with Crippen molar-refractivity contribution < 1.29 is 20.1 Å². The normalized spacial score (nSPS) is 40.5. The van der Waals surface area contributed by atoms with E-state index in [4.69, 9.17) is 20.1 Å². The fraction of sp³-hybridized carbons (Fsp3) is 1.00. The van der Waals surface area contributed by atoms with Gasteiger partial charge in [0.1, 0.15) is 12.2 Å². The van der Waals surface area contributed by atoms with Gasteiger partial charge in [0.15, 0.2) is 0 Å². The van der Waals surface area contributed by atoms with Crippen molar-refractivity contribution in [3.05, 3.63) is 0 Å². The maximum absolute atomic E-state index is 9.10. The van der Waals surface area contributed by atoms with E-state index < -0.39 is 12.2 Å². The maximum Gasteiger partial charge on any atom is 0.108 e. The molecule has 3 unspecified atom stereocenters. The van der Waals surface area contributed by atoms with Gasteiger partial charge in [0.2, 0.25) is 0 Å². The molecular weight excluding hydrogens is 136 g/mol. The van der Waals surface area contributed by atoms with Crippen molar-refractivity contribution in [1.29, 1.82) is 0 Å². The highest BCUT2D eigenvalue weighted by atomic mass is 16.5. The molecule has 0 aliphatic carbocycles. The molecule has 4 heteroatoms. The lowest BCUT2D eigenvalue weighted by Crippen LogP contribution is -2.30. The Labute approximate surface area is 59.1 Å². The molecule has 1 saturated heterocycles. The van der Waals surface area contributed by atoms with E-state index in [1.54, 1.807) is 0 Å². The van der Waals surface area contributed by atoms with Crippen molar-refractivity contribution in [1.82, 2.24) is 0 Å². The number of ether oxygens (including phenoxy) is 1. The Balaban J connectivity index is 2.33. The summed E-state index contributed by atoms with van der Waals surface area (Å²) in [6.45, 7) is 0.153. The fourth-order valence-corrected chi connectivity index (χ4v) is 1.05. The number of rotatable bonds is 2. The first kappa shape index (κ1) is 7.94. The molecule has 1 rings (SSSR count). The van der Waals surface area contributed by atoms with Gasteiger partial charge in [0.05, 0.1) is 12.7 Å². The first-order valence-electron chi connectivity index (χ1n) is 3.34. The van der Waals surface area contributed by atoms with E-state index >= 15 is 0 Å². The van der Waals surface area contributed by atoms with Crippen LogP contribution in [0.15, 0.2) is 0 Å². The molecule has 0 saturated carbocycles. The summed E-state index contributed by atoms with van der Waals surface area (Å²) in [5, 5.41) is 26.5. The van der Waals surface area contributed by atoms with E-state index in [0.29, 0.717) is 6.42 Å². The number of aliphatic hydroxyl groups is 3. The second-order valence-electron chi connectivity index (χ2n) is 2.44. The molecule has 1 heterocycles. The summed E-state index contributed by atoms with van der Waals surface area (Å²) in [4.78, 5) is 0. The maximum atomic E-state index is 9.10. The van der Waals surface area contributed by atoms with Crippen LogP contribution < -0.4 is 0 Å². The van der Waals surface area contributed by atoms with E-state index in [9.17, 15) is 0 Å². The molecular formula is C6H12O4. The summed E-state index contributed by atoms with van der Waals surface area (Å²) in [6, 6.07) is 0. The van der Waals surface area contributed by atoms with Crippen molar-refractivity contribution in [3.63, 3.8) is 0 Å². The highest BCUT2D eigenvalue weighted by molar-refractivity contribution is 4.82. The predicted molar refractivity (Wildman–Crippen MR) is 33.5 cm³/mol. The Hall–Kier alpha value is -0.160. The first-order chi connectivity index (χ1) is 4.75. The summed E-state index contributed by atoms with van der Waals surface area (Å²) in [5.41, 5.74) is 0. The molecule has 0 amide bonds. The minimum absolute atomic E-state index is 0.0194. The smallest absolute Gasteiger partial charge is 0.108 e. The second kappa shape index (κ2) is 3.30. The van der Waals surface area contributed by atoms with E-state index in [0.717, 1.165) is 0 Å². The Morgan fingerprint density at radius 3 is 2.50 bits per heavy atom. The van der Waals surface area contributed by atoms with E-state index in [1.165, 1.54) is 0 Å². The summed E-state index contributed by atoms with van der Waals surface area (Å²) >= 11 is 0. The average molecular weight is 148 g/mol. The fourth-order valence-electron chi connectivity index (χ4n) is 1.05. The topological polar surface area (TPSA) is 69.9 Å². The third-order valence-electron chi connectivity index (χ3n) is 1.67. The number of hydrogen-bond acceptors (Lipinski definition) is 4. The largest absolute Gasteiger partial charge is 0.396 e. The zero-order chi connectivity index (χ0) is 7.56. The Morgan fingerprint density at radius 1 is 1.40 bits per heavy atom. The zero-order valence-corrected chi connectivity index (χ0v) is 5.60. The van der Waals surface area contributed by atoms with Crippen LogP contribution in [0.3, 0.4) is 0 Å². The van der Waals surface area contributed by atoms with Crippen LogP contribution in [0.25, 0.3) is 0 Å². The van der Waals surface area contributed by atoms with Gasteiger partial charge in [-0.2, -0.15) is 0 Å². The molecule has 1 aliphatic heterocycles. The van der Waals surface area contributed by atoms with Crippen LogP contribution >= 0.6 is 0 Å². The number of aliphatic hydroxyl groups excluding tert-OH is 3. The molecule has 0 aromatic carbocycles. The van der Waals surface area contributed by atoms with Gasteiger partial charge >= 0.3 is 0 Å². The van der Waals surface area contributed by atoms with Gasteiger partial charge in [0, 0.05) is 6.61 Å². The van der Waals surface area contributed by atoms with Crippen LogP contribution in [0, 0.1) is 0 Å². The molecule has 0 radical (unpaired) electrons. The van der Waals surface area contributed by atoms with Gasteiger partial charge in [-0.25, -0.2) is 0 Å². The molecule has 0 aromatic heterocycles. The third kappa shape index (κ3) is 1.46. The van der Waals surface area contributed by atoms with Gasteiger partial charge < -0.3 is 20.1 Å².